The van der Waals surface area contributed by atoms with Crippen LogP contribution in [-0.2, 0) is 4.79 Å². The van der Waals surface area contributed by atoms with Crippen LogP contribution in [0.5, 0.6) is 0 Å². The molecule has 0 bridgehead atoms. The number of fused-ring (bicyclic) bond motifs is 1. The molecule has 1 aliphatic rings. The predicted octanol–water partition coefficient (Wildman–Crippen LogP) is 1.62. The molecule has 2 unspecified atom stereocenters. The van der Waals surface area contributed by atoms with Crippen molar-refractivity contribution in [2.45, 2.75) is 12.5 Å². The maximum absolute atomic E-state index is 11.1. The lowest BCUT2D eigenvalue weighted by molar-refractivity contribution is -0.142. The maximum Gasteiger partial charge on any atom is 0.308 e. The van der Waals surface area contributed by atoms with E-state index < -0.39 is 5.97 Å². The van der Waals surface area contributed by atoms with Gasteiger partial charge in [-0.2, -0.15) is 0 Å². The van der Waals surface area contributed by atoms with Crippen molar-refractivity contribution in [1.82, 2.24) is 10.3 Å². The quantitative estimate of drug-likeness (QED) is 0.831. The molecule has 2 atom stereocenters. The molecule has 2 aromatic heterocycles. The summed E-state index contributed by atoms with van der Waals surface area (Å²) >= 11 is 1.47. The smallest absolute Gasteiger partial charge is 0.308 e. The summed E-state index contributed by atoms with van der Waals surface area (Å²) in [5.41, 5.74) is 0.804. The highest BCUT2D eigenvalue weighted by atomic mass is 32.1. The fraction of sp³-hybridized carbons (Fsp3) is 0.400. The number of aliphatic carboxylic acids is 1. The summed E-state index contributed by atoms with van der Waals surface area (Å²) in [4.78, 5) is 16.9. The van der Waals surface area contributed by atoms with Crippen LogP contribution in [0, 0.1) is 5.92 Å². The molecule has 0 radical (unpaired) electrons. The van der Waals surface area contributed by atoms with Gasteiger partial charge in [-0.05, 0) is 19.0 Å². The zero-order valence-electron chi connectivity index (χ0n) is 8.34. The van der Waals surface area contributed by atoms with Gasteiger partial charge in [0.05, 0.1) is 12.0 Å². The lowest BCUT2D eigenvalue weighted by atomic mass is 10.00. The van der Waals surface area contributed by atoms with Gasteiger partial charge in [-0.1, -0.05) is 11.3 Å². The van der Waals surface area contributed by atoms with Crippen LogP contribution < -0.4 is 5.32 Å². The fourth-order valence-corrected chi connectivity index (χ4v) is 3.18. The van der Waals surface area contributed by atoms with E-state index in [1.165, 1.54) is 17.7 Å². The zero-order chi connectivity index (χ0) is 11.1. The highest BCUT2D eigenvalue weighted by Gasteiger charge is 2.35. The summed E-state index contributed by atoms with van der Waals surface area (Å²) < 4.78 is 5.19. The van der Waals surface area contributed by atoms with E-state index in [9.17, 15) is 4.79 Å². The Bertz CT molecular complexity index is 504. The van der Waals surface area contributed by atoms with Gasteiger partial charge in [0.25, 0.3) is 0 Å². The number of hydrogen-bond acceptors (Lipinski definition) is 5. The van der Waals surface area contributed by atoms with Crippen LogP contribution in [-0.4, -0.2) is 22.6 Å². The molecule has 0 saturated carbocycles. The second-order valence-corrected chi connectivity index (χ2v) is 4.89. The number of oxazole rings is 1. The van der Waals surface area contributed by atoms with Crippen molar-refractivity contribution in [3.05, 3.63) is 17.3 Å². The van der Waals surface area contributed by atoms with Crippen LogP contribution in [0.3, 0.4) is 0 Å². The predicted molar refractivity (Wildman–Crippen MR) is 58.4 cm³/mol. The first-order valence-electron chi connectivity index (χ1n) is 5.05. The van der Waals surface area contributed by atoms with Gasteiger partial charge in [-0.3, -0.25) is 4.79 Å². The Hall–Kier alpha value is -1.40. The van der Waals surface area contributed by atoms with Crippen LogP contribution in [0.4, 0.5) is 0 Å². The van der Waals surface area contributed by atoms with E-state index in [-0.39, 0.29) is 12.0 Å². The molecule has 5 nitrogen and oxygen atoms in total. The number of thiophene rings is 1. The Morgan fingerprint density at radius 2 is 2.56 bits per heavy atom. The number of aromatic nitrogens is 1. The van der Waals surface area contributed by atoms with Crippen LogP contribution in [0.2, 0.25) is 0 Å². The van der Waals surface area contributed by atoms with Crippen LogP contribution in [0.15, 0.2) is 16.9 Å². The van der Waals surface area contributed by atoms with Gasteiger partial charge in [0.15, 0.2) is 6.39 Å². The van der Waals surface area contributed by atoms with Gasteiger partial charge in [0.1, 0.15) is 5.52 Å². The third kappa shape index (κ3) is 1.42. The molecule has 6 heteroatoms. The molecule has 0 aliphatic carbocycles. The number of carbonyl (C=O) groups is 1. The van der Waals surface area contributed by atoms with Gasteiger partial charge in [0, 0.05) is 4.88 Å². The van der Waals surface area contributed by atoms with Crippen molar-refractivity contribution in [3.8, 4) is 0 Å². The van der Waals surface area contributed by atoms with Crippen molar-refractivity contribution < 1.29 is 14.3 Å². The highest BCUT2D eigenvalue weighted by Crippen LogP contribution is 2.36. The largest absolute Gasteiger partial charge is 0.481 e. The second kappa shape index (κ2) is 3.57. The van der Waals surface area contributed by atoms with Gasteiger partial charge in [-0.15, -0.1) is 0 Å². The summed E-state index contributed by atoms with van der Waals surface area (Å²) in [6.45, 7) is 0.744. The molecule has 3 rings (SSSR count). The summed E-state index contributed by atoms with van der Waals surface area (Å²) in [6.07, 6.45) is 2.08. The lowest BCUT2D eigenvalue weighted by Gasteiger charge is -2.13. The maximum atomic E-state index is 11.1. The van der Waals surface area contributed by atoms with Crippen molar-refractivity contribution in [1.29, 1.82) is 0 Å². The Kier molecular flexibility index (Phi) is 2.19. The summed E-state index contributed by atoms with van der Waals surface area (Å²) in [6, 6.07) is 1.80. The third-order valence-corrected chi connectivity index (χ3v) is 3.99. The van der Waals surface area contributed by atoms with Gasteiger partial charge >= 0.3 is 5.97 Å². The van der Waals surface area contributed by atoms with Crippen LogP contribution in [0.25, 0.3) is 10.4 Å². The monoisotopic (exact) mass is 238 g/mol. The molecular formula is C10H10N2O3S. The average molecular weight is 238 g/mol. The number of nitrogens with zero attached hydrogens (tertiary/aromatic N) is 1. The molecule has 0 spiro atoms. The van der Waals surface area contributed by atoms with Crippen molar-refractivity contribution >= 4 is 27.7 Å². The van der Waals surface area contributed by atoms with E-state index in [0.717, 1.165) is 21.8 Å². The van der Waals surface area contributed by atoms with Gasteiger partial charge in [0.2, 0.25) is 4.90 Å². The molecule has 1 saturated heterocycles. The Balaban J connectivity index is 1.97. The van der Waals surface area contributed by atoms with E-state index in [4.69, 9.17) is 9.52 Å². The van der Waals surface area contributed by atoms with Crippen LogP contribution >= 0.6 is 11.3 Å². The first-order chi connectivity index (χ1) is 7.75. The molecule has 0 aromatic carbocycles. The van der Waals surface area contributed by atoms with E-state index in [1.54, 1.807) is 0 Å². The minimum absolute atomic E-state index is 0.105. The van der Waals surface area contributed by atoms with E-state index in [1.807, 2.05) is 6.07 Å². The first-order valence-corrected chi connectivity index (χ1v) is 5.86. The number of rotatable bonds is 2. The Labute approximate surface area is 95.1 Å². The standard InChI is InChI=1S/C10H10N2O3S/c13-9(14)5-1-2-11-8(5)7-3-6-10(16-7)15-4-12-6/h3-5,8,11H,1-2H2,(H,13,14). The van der Waals surface area contributed by atoms with Crippen molar-refractivity contribution in [2.75, 3.05) is 6.54 Å². The van der Waals surface area contributed by atoms with E-state index in [2.05, 4.69) is 10.3 Å². The normalized spacial score (nSPS) is 25.2. The number of hydrogen-bond donors (Lipinski definition) is 2. The molecule has 1 fully saturated rings. The first kappa shape index (κ1) is 9.80. The Morgan fingerprint density at radius 1 is 1.69 bits per heavy atom. The molecular weight excluding hydrogens is 228 g/mol. The third-order valence-electron chi connectivity index (χ3n) is 2.90. The molecule has 0 amide bonds. The molecule has 84 valence electrons. The second-order valence-electron chi connectivity index (χ2n) is 3.84. The average Bonchev–Trinajstić information content (AvgIpc) is 2.91. The molecule has 1 aliphatic heterocycles. The molecule has 3 heterocycles. The molecule has 2 aromatic rings. The van der Waals surface area contributed by atoms with E-state index >= 15 is 0 Å². The SMILES string of the molecule is O=C(O)C1CCNC1c1cc2ncoc2s1. The number of carboxylic acid groups (broad SMARTS) is 1. The molecule has 2 N–H and O–H groups in total. The fourth-order valence-electron chi connectivity index (χ4n) is 2.11. The lowest BCUT2D eigenvalue weighted by Crippen LogP contribution is -2.22. The Morgan fingerprint density at radius 3 is 3.31 bits per heavy atom. The molecule has 16 heavy (non-hydrogen) atoms. The number of carboxylic acids is 1. The highest BCUT2D eigenvalue weighted by molar-refractivity contribution is 7.18. The van der Waals surface area contributed by atoms with E-state index in [0.29, 0.717) is 6.42 Å². The van der Waals surface area contributed by atoms with Crippen molar-refractivity contribution in [2.24, 2.45) is 5.92 Å². The minimum Gasteiger partial charge on any atom is -0.481 e. The topological polar surface area (TPSA) is 75.4 Å². The minimum atomic E-state index is -0.743. The van der Waals surface area contributed by atoms with Gasteiger partial charge < -0.3 is 14.8 Å². The van der Waals surface area contributed by atoms with Crippen LogP contribution in [0.1, 0.15) is 17.3 Å². The number of nitrogens with one attached hydrogen (secondary N) is 1. The zero-order valence-corrected chi connectivity index (χ0v) is 9.16. The summed E-state index contributed by atoms with van der Waals surface area (Å²) in [5.74, 6) is -1.09. The van der Waals surface area contributed by atoms with Crippen molar-refractivity contribution in [3.63, 3.8) is 0 Å². The summed E-state index contributed by atoms with van der Waals surface area (Å²) in [7, 11) is 0. The van der Waals surface area contributed by atoms with Gasteiger partial charge in [-0.25, -0.2) is 4.98 Å². The summed E-state index contributed by atoms with van der Waals surface area (Å²) in [5, 5.41) is 12.3.